The molecule has 1 atom stereocenters. The highest BCUT2D eigenvalue weighted by Crippen LogP contribution is 2.24. The predicted octanol–water partition coefficient (Wildman–Crippen LogP) is 2.97. The van der Waals surface area contributed by atoms with Gasteiger partial charge in [-0.2, -0.15) is 0 Å². The van der Waals surface area contributed by atoms with Crippen LogP contribution < -0.4 is 11.1 Å². The summed E-state index contributed by atoms with van der Waals surface area (Å²) in [5, 5.41) is 13.7. The van der Waals surface area contributed by atoms with Gasteiger partial charge in [0.25, 0.3) is 11.6 Å². The number of rotatable bonds is 6. The molecular formula is C17H16BrN3O5. The number of benzene rings is 2. The Hall–Kier alpha value is -2.94. The molecule has 2 aromatic carbocycles. The Morgan fingerprint density at radius 1 is 1.27 bits per heavy atom. The van der Waals surface area contributed by atoms with E-state index in [0.717, 1.165) is 10.5 Å². The highest BCUT2D eigenvalue weighted by atomic mass is 79.9. The van der Waals surface area contributed by atoms with Crippen LogP contribution in [0.15, 0.2) is 46.9 Å². The van der Waals surface area contributed by atoms with E-state index < -0.39 is 22.8 Å². The van der Waals surface area contributed by atoms with Gasteiger partial charge in [-0.05, 0) is 29.8 Å². The summed E-state index contributed by atoms with van der Waals surface area (Å²) in [7, 11) is 1.26. The van der Waals surface area contributed by atoms with Crippen molar-refractivity contribution in [3.63, 3.8) is 0 Å². The topological polar surface area (TPSA) is 125 Å². The molecule has 0 saturated carbocycles. The van der Waals surface area contributed by atoms with Crippen LogP contribution in [0.4, 0.5) is 11.4 Å². The number of nitro groups is 1. The fourth-order valence-electron chi connectivity index (χ4n) is 2.28. The standard InChI is InChI=1S/C17H16BrN3O5/c1-26-16(22)9-14(10-2-5-12(18)6-3-10)20-17(23)11-4-7-13(19)15(8-11)21(24)25/h2-8,14H,9,19H2,1H3,(H,20,23). The van der Waals surface area contributed by atoms with Crippen molar-refractivity contribution in [3.05, 3.63) is 68.2 Å². The average molecular weight is 422 g/mol. The van der Waals surface area contributed by atoms with Crippen molar-refractivity contribution in [2.75, 3.05) is 12.8 Å². The summed E-state index contributed by atoms with van der Waals surface area (Å²) in [6.45, 7) is 0. The Morgan fingerprint density at radius 3 is 2.50 bits per heavy atom. The highest BCUT2D eigenvalue weighted by molar-refractivity contribution is 9.10. The van der Waals surface area contributed by atoms with Gasteiger partial charge in [-0.1, -0.05) is 28.1 Å². The summed E-state index contributed by atoms with van der Waals surface area (Å²) in [6, 6.07) is 10.2. The summed E-state index contributed by atoms with van der Waals surface area (Å²) in [5.41, 5.74) is 5.91. The number of nitrogens with zero attached hydrogens (tertiary/aromatic N) is 1. The smallest absolute Gasteiger partial charge is 0.307 e. The number of methoxy groups -OCH3 is 1. The van der Waals surface area contributed by atoms with E-state index in [-0.39, 0.29) is 23.4 Å². The molecule has 1 unspecified atom stereocenters. The summed E-state index contributed by atoms with van der Waals surface area (Å²) >= 11 is 3.32. The van der Waals surface area contributed by atoms with Crippen LogP contribution in [0.1, 0.15) is 28.4 Å². The van der Waals surface area contributed by atoms with E-state index in [1.807, 2.05) is 0 Å². The Labute approximate surface area is 157 Å². The lowest BCUT2D eigenvalue weighted by Gasteiger charge is -2.18. The molecule has 0 aliphatic rings. The Morgan fingerprint density at radius 2 is 1.92 bits per heavy atom. The zero-order chi connectivity index (χ0) is 19.3. The second kappa shape index (κ2) is 8.43. The second-order valence-corrected chi connectivity index (χ2v) is 6.30. The lowest BCUT2D eigenvalue weighted by Crippen LogP contribution is -2.30. The first-order valence-electron chi connectivity index (χ1n) is 7.49. The number of nitrogen functional groups attached to an aromatic ring is 1. The number of anilines is 1. The molecule has 2 aromatic rings. The molecule has 3 N–H and O–H groups in total. The van der Waals surface area contributed by atoms with E-state index in [9.17, 15) is 19.7 Å². The molecule has 0 aromatic heterocycles. The second-order valence-electron chi connectivity index (χ2n) is 5.39. The van der Waals surface area contributed by atoms with Crippen molar-refractivity contribution in [2.24, 2.45) is 0 Å². The molecule has 8 nitrogen and oxygen atoms in total. The third-order valence-electron chi connectivity index (χ3n) is 3.67. The maximum atomic E-state index is 12.5. The Bertz CT molecular complexity index is 839. The predicted molar refractivity (Wildman–Crippen MR) is 98.5 cm³/mol. The lowest BCUT2D eigenvalue weighted by molar-refractivity contribution is -0.383. The molecule has 0 spiro atoms. The van der Waals surface area contributed by atoms with Crippen molar-refractivity contribution in [1.82, 2.24) is 5.32 Å². The number of carbonyl (C=O) groups excluding carboxylic acids is 2. The van der Waals surface area contributed by atoms with E-state index in [0.29, 0.717) is 5.56 Å². The highest BCUT2D eigenvalue weighted by Gasteiger charge is 2.21. The van der Waals surface area contributed by atoms with Crippen LogP contribution in [0.3, 0.4) is 0 Å². The summed E-state index contributed by atoms with van der Waals surface area (Å²) in [4.78, 5) is 34.5. The number of hydrogen-bond acceptors (Lipinski definition) is 6. The SMILES string of the molecule is COC(=O)CC(NC(=O)c1ccc(N)c([N+](=O)[O-])c1)c1ccc(Br)cc1. The molecular weight excluding hydrogens is 406 g/mol. The zero-order valence-corrected chi connectivity index (χ0v) is 15.4. The van der Waals surface area contributed by atoms with E-state index >= 15 is 0 Å². The van der Waals surface area contributed by atoms with Crippen LogP contribution in [0.5, 0.6) is 0 Å². The molecule has 0 aliphatic heterocycles. The normalized spacial score (nSPS) is 11.5. The van der Waals surface area contributed by atoms with Crippen LogP contribution in [-0.2, 0) is 9.53 Å². The number of nitro benzene ring substituents is 1. The van der Waals surface area contributed by atoms with Crippen molar-refractivity contribution in [1.29, 1.82) is 0 Å². The molecule has 2 rings (SSSR count). The number of ether oxygens (including phenoxy) is 1. The van der Waals surface area contributed by atoms with E-state index in [1.165, 1.54) is 19.2 Å². The van der Waals surface area contributed by atoms with Gasteiger partial charge in [-0.15, -0.1) is 0 Å². The van der Waals surface area contributed by atoms with Crippen LogP contribution in [-0.4, -0.2) is 23.9 Å². The van der Waals surface area contributed by atoms with E-state index in [2.05, 4.69) is 26.0 Å². The number of halogens is 1. The van der Waals surface area contributed by atoms with Gasteiger partial charge in [0.05, 0.1) is 24.5 Å². The van der Waals surface area contributed by atoms with E-state index in [4.69, 9.17) is 5.73 Å². The maximum Gasteiger partial charge on any atom is 0.307 e. The molecule has 9 heteroatoms. The fourth-order valence-corrected chi connectivity index (χ4v) is 2.55. The molecule has 0 bridgehead atoms. The number of hydrogen-bond donors (Lipinski definition) is 2. The minimum absolute atomic E-state index is 0.0365. The number of amides is 1. The quantitative estimate of drug-likeness (QED) is 0.319. The van der Waals surface area contributed by atoms with Crippen LogP contribution in [0, 0.1) is 10.1 Å². The van der Waals surface area contributed by atoms with Gasteiger partial charge >= 0.3 is 5.97 Å². The monoisotopic (exact) mass is 421 g/mol. The van der Waals surface area contributed by atoms with E-state index in [1.54, 1.807) is 24.3 Å². The van der Waals surface area contributed by atoms with Gasteiger partial charge in [0.1, 0.15) is 5.69 Å². The molecule has 136 valence electrons. The van der Waals surface area contributed by atoms with Gasteiger partial charge in [0.15, 0.2) is 0 Å². The maximum absolute atomic E-state index is 12.5. The van der Waals surface area contributed by atoms with Crippen LogP contribution >= 0.6 is 15.9 Å². The first kappa shape index (κ1) is 19.4. The van der Waals surface area contributed by atoms with Gasteiger partial charge < -0.3 is 15.8 Å². The van der Waals surface area contributed by atoms with Gasteiger partial charge in [0.2, 0.25) is 0 Å². The first-order valence-corrected chi connectivity index (χ1v) is 8.28. The molecule has 0 radical (unpaired) electrons. The summed E-state index contributed by atoms with van der Waals surface area (Å²) < 4.78 is 5.52. The van der Waals surface area contributed by atoms with Crippen molar-refractivity contribution in [3.8, 4) is 0 Å². The molecule has 0 saturated heterocycles. The Kier molecular flexibility index (Phi) is 6.29. The van der Waals surface area contributed by atoms with Crippen molar-refractivity contribution in [2.45, 2.75) is 12.5 Å². The van der Waals surface area contributed by atoms with Gasteiger partial charge in [-0.25, -0.2) is 0 Å². The average Bonchev–Trinajstić information content (AvgIpc) is 2.61. The third kappa shape index (κ3) is 4.79. The number of nitrogens with one attached hydrogen (secondary N) is 1. The van der Waals surface area contributed by atoms with Crippen molar-refractivity contribution < 1.29 is 19.2 Å². The number of esters is 1. The largest absolute Gasteiger partial charge is 0.469 e. The summed E-state index contributed by atoms with van der Waals surface area (Å²) in [5.74, 6) is -1.06. The molecule has 0 heterocycles. The van der Waals surface area contributed by atoms with Crippen LogP contribution in [0.25, 0.3) is 0 Å². The third-order valence-corrected chi connectivity index (χ3v) is 4.19. The Balaban J connectivity index is 2.28. The number of nitrogens with two attached hydrogens (primary N) is 1. The minimum Gasteiger partial charge on any atom is -0.469 e. The molecule has 0 fully saturated rings. The van der Waals surface area contributed by atoms with Gasteiger partial charge in [-0.3, -0.25) is 19.7 Å². The minimum atomic E-state index is -0.660. The molecule has 1 amide bonds. The number of carbonyl (C=O) groups is 2. The van der Waals surface area contributed by atoms with Crippen molar-refractivity contribution >= 4 is 39.2 Å². The molecule has 26 heavy (non-hydrogen) atoms. The fraction of sp³-hybridized carbons (Fsp3) is 0.176. The lowest BCUT2D eigenvalue weighted by atomic mass is 10.0. The van der Waals surface area contributed by atoms with Crippen LogP contribution in [0.2, 0.25) is 0 Å². The van der Waals surface area contributed by atoms with Gasteiger partial charge in [0, 0.05) is 16.1 Å². The molecule has 0 aliphatic carbocycles. The first-order chi connectivity index (χ1) is 12.3. The zero-order valence-electron chi connectivity index (χ0n) is 13.8. The summed E-state index contributed by atoms with van der Waals surface area (Å²) in [6.07, 6.45) is -0.0824.